The lowest BCUT2D eigenvalue weighted by molar-refractivity contribution is 0.189. The van der Waals surface area contributed by atoms with Crippen LogP contribution < -0.4 is 16.0 Å². The summed E-state index contributed by atoms with van der Waals surface area (Å²) in [7, 11) is 0. The van der Waals surface area contributed by atoms with Crippen molar-refractivity contribution in [3.63, 3.8) is 0 Å². The van der Waals surface area contributed by atoms with Gasteiger partial charge in [-0.15, -0.1) is 0 Å². The highest BCUT2D eigenvalue weighted by Gasteiger charge is 2.50. The molecular weight excluding hydrogens is 343 g/mol. The molecule has 1 aromatic carbocycles. The number of piperazine rings is 1. The lowest BCUT2D eigenvalue weighted by atomic mass is 10.1. The molecule has 1 aromatic heterocycles. The highest BCUT2D eigenvalue weighted by molar-refractivity contribution is 5.75. The minimum atomic E-state index is -0.331. The van der Waals surface area contributed by atoms with E-state index in [2.05, 4.69) is 36.9 Å². The molecular formula is C20H23FN6. The third-order valence-corrected chi connectivity index (χ3v) is 5.66. The number of aromatic nitrogens is 2. The third kappa shape index (κ3) is 3.02. The Labute approximate surface area is 157 Å². The van der Waals surface area contributed by atoms with Gasteiger partial charge >= 0.3 is 0 Å². The third-order valence-electron chi connectivity index (χ3n) is 5.66. The van der Waals surface area contributed by atoms with E-state index in [1.54, 1.807) is 6.20 Å². The number of hydrogen-bond donors (Lipinski definition) is 3. The largest absolute Gasteiger partial charge is 0.386 e. The van der Waals surface area contributed by atoms with Crippen molar-refractivity contribution < 1.29 is 4.39 Å². The molecule has 3 N–H and O–H groups in total. The van der Waals surface area contributed by atoms with Crippen LogP contribution in [0.2, 0.25) is 0 Å². The van der Waals surface area contributed by atoms with Crippen LogP contribution in [-0.2, 0) is 6.54 Å². The topological polar surface area (TPSA) is 65.1 Å². The summed E-state index contributed by atoms with van der Waals surface area (Å²) in [4.78, 5) is 10.8. The normalized spacial score (nSPS) is 20.9. The van der Waals surface area contributed by atoms with Crippen molar-refractivity contribution in [3.8, 4) is 0 Å². The molecule has 2 aliphatic heterocycles. The van der Waals surface area contributed by atoms with E-state index in [1.165, 1.54) is 30.8 Å². The Morgan fingerprint density at radius 1 is 1.22 bits per heavy atom. The van der Waals surface area contributed by atoms with Crippen molar-refractivity contribution in [2.45, 2.75) is 24.9 Å². The maximum Gasteiger partial charge on any atom is 0.151 e. The molecule has 0 amide bonds. The van der Waals surface area contributed by atoms with Crippen molar-refractivity contribution in [3.05, 3.63) is 59.6 Å². The summed E-state index contributed by atoms with van der Waals surface area (Å²) in [5.74, 6) is -0.331. The van der Waals surface area contributed by atoms with Gasteiger partial charge in [-0.05, 0) is 36.6 Å². The summed E-state index contributed by atoms with van der Waals surface area (Å²) in [5.41, 5.74) is 4.36. The highest BCUT2D eigenvalue weighted by atomic mass is 19.1. The fraction of sp³-hybridized carbons (Fsp3) is 0.400. The molecule has 2 fully saturated rings. The molecule has 140 valence electrons. The summed E-state index contributed by atoms with van der Waals surface area (Å²) in [6.45, 7) is 4.45. The Morgan fingerprint density at radius 2 is 2.11 bits per heavy atom. The Kier molecular flexibility index (Phi) is 3.97. The molecule has 27 heavy (non-hydrogen) atoms. The number of dihydropyridines is 1. The van der Waals surface area contributed by atoms with E-state index in [1.807, 2.05) is 12.3 Å². The molecule has 0 radical (unpaired) electrons. The van der Waals surface area contributed by atoms with Gasteiger partial charge in [-0.3, -0.25) is 4.98 Å². The highest BCUT2D eigenvalue weighted by Crippen LogP contribution is 2.45. The van der Waals surface area contributed by atoms with Gasteiger partial charge in [0.2, 0.25) is 0 Å². The number of nitrogens with zero attached hydrogens (tertiary/aromatic N) is 3. The van der Waals surface area contributed by atoms with E-state index in [-0.39, 0.29) is 11.4 Å². The van der Waals surface area contributed by atoms with Gasteiger partial charge in [0, 0.05) is 51.3 Å². The SMILES string of the molecule is Fc1cc(CNC2=CNCC=C2N2CCNCC23CC3)cc2nccnc12. The number of rotatable bonds is 4. The first-order valence-corrected chi connectivity index (χ1v) is 9.51. The van der Waals surface area contributed by atoms with Gasteiger partial charge in [-0.2, -0.15) is 0 Å². The Morgan fingerprint density at radius 3 is 3.00 bits per heavy atom. The fourth-order valence-electron chi connectivity index (χ4n) is 4.10. The van der Waals surface area contributed by atoms with Gasteiger partial charge in [0.25, 0.3) is 0 Å². The predicted molar refractivity (Wildman–Crippen MR) is 102 cm³/mol. The quantitative estimate of drug-likeness (QED) is 0.764. The first kappa shape index (κ1) is 16.5. The average molecular weight is 366 g/mol. The van der Waals surface area contributed by atoms with E-state index in [4.69, 9.17) is 0 Å². The summed E-state index contributed by atoms with van der Waals surface area (Å²) >= 11 is 0. The number of fused-ring (bicyclic) bond motifs is 1. The summed E-state index contributed by atoms with van der Waals surface area (Å²) in [6, 6.07) is 3.43. The minimum Gasteiger partial charge on any atom is -0.386 e. The first-order valence-electron chi connectivity index (χ1n) is 9.51. The van der Waals surface area contributed by atoms with Crippen LogP contribution in [0, 0.1) is 5.82 Å². The molecule has 0 bridgehead atoms. The smallest absolute Gasteiger partial charge is 0.151 e. The Bertz CT molecular complexity index is 933. The van der Waals surface area contributed by atoms with E-state index >= 15 is 0 Å². The van der Waals surface area contributed by atoms with Crippen molar-refractivity contribution in [2.75, 3.05) is 26.2 Å². The number of benzene rings is 1. The molecule has 5 rings (SSSR count). The van der Waals surface area contributed by atoms with Crippen LogP contribution in [-0.4, -0.2) is 46.6 Å². The zero-order valence-electron chi connectivity index (χ0n) is 15.1. The van der Waals surface area contributed by atoms with Crippen molar-refractivity contribution in [2.24, 2.45) is 0 Å². The van der Waals surface area contributed by atoms with Gasteiger partial charge in [-0.25, -0.2) is 9.37 Å². The molecule has 0 atom stereocenters. The molecule has 1 aliphatic carbocycles. The minimum absolute atomic E-state index is 0.285. The van der Waals surface area contributed by atoms with E-state index in [9.17, 15) is 4.39 Å². The van der Waals surface area contributed by atoms with E-state index in [0.717, 1.165) is 37.4 Å². The van der Waals surface area contributed by atoms with Crippen LogP contribution in [0.3, 0.4) is 0 Å². The summed E-state index contributed by atoms with van der Waals surface area (Å²) in [6.07, 6.45) is 9.87. The first-order chi connectivity index (χ1) is 13.3. The monoisotopic (exact) mass is 366 g/mol. The van der Waals surface area contributed by atoms with Crippen LogP contribution in [0.1, 0.15) is 18.4 Å². The van der Waals surface area contributed by atoms with Crippen LogP contribution in [0.25, 0.3) is 11.0 Å². The van der Waals surface area contributed by atoms with Gasteiger partial charge in [0.15, 0.2) is 5.82 Å². The molecule has 2 aromatic rings. The predicted octanol–water partition coefficient (Wildman–Crippen LogP) is 1.62. The van der Waals surface area contributed by atoms with Gasteiger partial charge in [0.05, 0.1) is 22.4 Å². The van der Waals surface area contributed by atoms with Crippen molar-refractivity contribution in [1.29, 1.82) is 0 Å². The number of nitrogens with one attached hydrogen (secondary N) is 3. The Hall–Kier alpha value is -2.67. The van der Waals surface area contributed by atoms with Crippen molar-refractivity contribution in [1.82, 2.24) is 30.8 Å². The lowest BCUT2D eigenvalue weighted by Gasteiger charge is -2.41. The molecule has 3 heterocycles. The number of halogens is 1. The molecule has 3 aliphatic rings. The second kappa shape index (κ2) is 6.49. The second-order valence-corrected chi connectivity index (χ2v) is 7.46. The zero-order chi connectivity index (χ0) is 18.3. The van der Waals surface area contributed by atoms with Crippen LogP contribution in [0.15, 0.2) is 48.2 Å². The molecule has 6 nitrogen and oxygen atoms in total. The summed E-state index contributed by atoms with van der Waals surface area (Å²) < 4.78 is 14.3. The maximum atomic E-state index is 14.3. The number of hydrogen-bond acceptors (Lipinski definition) is 6. The van der Waals surface area contributed by atoms with Crippen LogP contribution in [0.4, 0.5) is 4.39 Å². The van der Waals surface area contributed by atoms with E-state index < -0.39 is 0 Å². The maximum absolute atomic E-state index is 14.3. The molecule has 1 saturated carbocycles. The zero-order valence-corrected chi connectivity index (χ0v) is 15.1. The molecule has 1 spiro atoms. The van der Waals surface area contributed by atoms with Crippen molar-refractivity contribution >= 4 is 11.0 Å². The summed E-state index contributed by atoms with van der Waals surface area (Å²) in [5, 5.41) is 10.3. The fourth-order valence-corrected chi connectivity index (χ4v) is 4.10. The lowest BCUT2D eigenvalue weighted by Crippen LogP contribution is -2.53. The van der Waals surface area contributed by atoms with Gasteiger partial charge < -0.3 is 20.9 Å². The van der Waals surface area contributed by atoms with Gasteiger partial charge in [-0.1, -0.05) is 0 Å². The van der Waals surface area contributed by atoms with E-state index in [0.29, 0.717) is 17.6 Å². The van der Waals surface area contributed by atoms with Crippen LogP contribution in [0.5, 0.6) is 0 Å². The second-order valence-electron chi connectivity index (χ2n) is 7.46. The Balaban J connectivity index is 1.35. The van der Waals surface area contributed by atoms with Crippen LogP contribution >= 0.6 is 0 Å². The molecule has 1 saturated heterocycles. The average Bonchev–Trinajstić information content (AvgIpc) is 3.47. The van der Waals surface area contributed by atoms with Gasteiger partial charge in [0.1, 0.15) is 5.52 Å². The standard InChI is InChI=1S/C20H23FN6/c21-15-9-14(10-16-19(15)25-6-5-24-16)11-26-17-12-22-4-1-18(17)27-8-7-23-13-20(27)2-3-20/h1,5-6,9-10,12,22-23,26H,2-4,7-8,11,13H2. The molecule has 7 heteroatoms. The molecule has 0 unspecified atom stereocenters.